The molecule has 0 bridgehead atoms. The molecule has 0 saturated heterocycles. The zero-order chi connectivity index (χ0) is 48.0. The third-order valence-corrected chi connectivity index (χ3v) is 15.4. The molecule has 5 rings (SSSR count). The number of hydrogen-bond donors (Lipinski definition) is 0. The van der Waals surface area contributed by atoms with Crippen LogP contribution < -0.4 is 21.9 Å². The molecule has 0 aliphatic heterocycles. The van der Waals surface area contributed by atoms with Gasteiger partial charge in [0.2, 0.25) is 0 Å². The molecule has 0 spiro atoms. The van der Waals surface area contributed by atoms with Gasteiger partial charge in [0.05, 0.1) is 0 Å². The fourth-order valence-electron chi connectivity index (χ4n) is 9.04. The molecule has 1 fully saturated rings. The second-order valence-corrected chi connectivity index (χ2v) is 20.7. The van der Waals surface area contributed by atoms with Gasteiger partial charge in [0.15, 0.2) is 69.8 Å². The fraction of sp³-hybridized carbons (Fsp3) is 0.359. The van der Waals surface area contributed by atoms with Gasteiger partial charge in [0.1, 0.15) is 52.7 Å². The van der Waals surface area contributed by atoms with E-state index in [4.69, 9.17) is 4.98 Å². The van der Waals surface area contributed by atoms with E-state index in [2.05, 4.69) is 61.6 Å². The van der Waals surface area contributed by atoms with Gasteiger partial charge in [0, 0.05) is 0 Å². The van der Waals surface area contributed by atoms with Crippen molar-refractivity contribution in [3.05, 3.63) is 128 Å². The summed E-state index contributed by atoms with van der Waals surface area (Å²) in [5.41, 5.74) is -13.4. The molecule has 1 aliphatic rings. The van der Waals surface area contributed by atoms with Crippen LogP contribution in [0.1, 0.15) is 41.5 Å². The SMILES string of the molecule is Fc1c(F)c(F)c([B-](c2c(F)c(F)c(F)c(F)c2F)(c2c(F)c(F)c(F)c(F)c2F)c2c(F)c(F)c(F)c(F)c2F)c(F)c1F.[CH2-]C1C(C)C(C)C([Si](C)(C)[N-]C(C)(C)C)C1C.[Ti+3]. The Hall–Kier alpha value is -3.56. The Kier molecular flexibility index (Phi) is 15.7. The quantitative estimate of drug-likeness (QED) is 0.0601. The molecular weight excluding hydrogens is 949 g/mol. The predicted octanol–water partition coefficient (Wildman–Crippen LogP) is 10.9. The Bertz CT molecular complexity index is 2060. The van der Waals surface area contributed by atoms with E-state index in [1.807, 2.05) is 0 Å². The molecule has 0 aromatic heterocycles. The Morgan fingerprint density at radius 2 is 0.571 bits per heavy atom. The van der Waals surface area contributed by atoms with Crippen LogP contribution >= 0.6 is 0 Å². The maximum atomic E-state index is 15.4. The van der Waals surface area contributed by atoms with Crippen LogP contribution in [-0.2, 0) is 21.7 Å². The molecule has 0 amide bonds. The predicted molar refractivity (Wildman–Crippen MR) is 190 cm³/mol. The van der Waals surface area contributed by atoms with Crippen LogP contribution in [0.2, 0.25) is 18.6 Å². The Morgan fingerprint density at radius 3 is 0.730 bits per heavy atom. The summed E-state index contributed by atoms with van der Waals surface area (Å²) in [6.45, 7) is 23.2. The Morgan fingerprint density at radius 1 is 0.381 bits per heavy atom. The normalized spacial score (nSPS) is 19.3. The molecular formula is C39H31BF20NSiTi. The zero-order valence-corrected chi connectivity index (χ0v) is 36.2. The summed E-state index contributed by atoms with van der Waals surface area (Å²) >= 11 is 0. The molecule has 63 heavy (non-hydrogen) atoms. The van der Waals surface area contributed by atoms with E-state index in [-0.39, 0.29) is 27.3 Å². The summed E-state index contributed by atoms with van der Waals surface area (Å²) in [5.74, 6) is -68.5. The molecule has 343 valence electrons. The van der Waals surface area contributed by atoms with Crippen LogP contribution in [0.3, 0.4) is 0 Å². The first-order chi connectivity index (χ1) is 28.2. The van der Waals surface area contributed by atoms with Crippen LogP contribution in [0.15, 0.2) is 0 Å². The van der Waals surface area contributed by atoms with Gasteiger partial charge < -0.3 is 11.9 Å². The second kappa shape index (κ2) is 18.4. The van der Waals surface area contributed by atoms with Gasteiger partial charge in [-0.25, -0.2) is 87.8 Å². The zero-order valence-electron chi connectivity index (χ0n) is 33.7. The van der Waals surface area contributed by atoms with Crippen molar-refractivity contribution in [2.45, 2.75) is 65.7 Å². The molecule has 0 N–H and O–H groups in total. The van der Waals surface area contributed by atoms with Crippen LogP contribution in [0.5, 0.6) is 0 Å². The standard InChI is InChI=1S/C24BF20.C15H31NSi.Ti/c26-5-1(6(27)14(35)21(42)13(5)34)25(2-7(28)15(36)22(43)16(37)8(2)29,3-9(30)17(38)23(44)18(39)10(3)31)4-11(32)19(40)24(45)20(41)12(4)33;1-10-11(2)13(4)14(12(10)3)17(8,9)16-15(5,6)7;/h;10-14H,1H2,2-9H3;/q-1;-2;+3. The molecule has 0 heterocycles. The first kappa shape index (κ1) is 53.8. The van der Waals surface area contributed by atoms with Gasteiger partial charge in [-0.1, -0.05) is 80.2 Å². The van der Waals surface area contributed by atoms with Gasteiger partial charge in [-0.05, 0) is 5.92 Å². The maximum absolute atomic E-state index is 15.4. The summed E-state index contributed by atoms with van der Waals surface area (Å²) in [5, 5.41) is 0. The summed E-state index contributed by atoms with van der Waals surface area (Å²) in [7, 11) is -1.53. The Labute approximate surface area is 362 Å². The van der Waals surface area contributed by atoms with Gasteiger partial charge in [-0.2, -0.15) is 5.92 Å². The van der Waals surface area contributed by atoms with Crippen LogP contribution in [0.25, 0.3) is 4.98 Å². The minimum Gasteiger partial charge on any atom is -0.660 e. The maximum Gasteiger partial charge on any atom is 3.00 e. The Balaban J connectivity index is 0.000000493. The summed E-state index contributed by atoms with van der Waals surface area (Å²) in [4.78, 5) is 5.20. The van der Waals surface area contributed by atoms with Crippen molar-refractivity contribution >= 4 is 36.2 Å². The van der Waals surface area contributed by atoms with Crippen LogP contribution in [0.4, 0.5) is 87.8 Å². The average Bonchev–Trinajstić information content (AvgIpc) is 3.38. The minimum atomic E-state index is -7.22. The van der Waals surface area contributed by atoms with Crippen molar-refractivity contribution in [3.8, 4) is 0 Å². The van der Waals surface area contributed by atoms with Crippen molar-refractivity contribution in [2.75, 3.05) is 0 Å². The summed E-state index contributed by atoms with van der Waals surface area (Å²) < 4.78 is 294. The van der Waals surface area contributed by atoms with Crippen molar-refractivity contribution in [1.82, 2.24) is 0 Å². The molecule has 5 unspecified atom stereocenters. The number of benzene rings is 4. The molecule has 1 nitrogen and oxygen atoms in total. The molecule has 5 atom stereocenters. The van der Waals surface area contributed by atoms with Crippen molar-refractivity contribution < 1.29 is 110 Å². The van der Waals surface area contributed by atoms with E-state index in [0.717, 1.165) is 23.3 Å². The number of halogens is 20. The monoisotopic (exact) mass is 980 g/mol. The molecule has 1 aliphatic carbocycles. The van der Waals surface area contributed by atoms with Gasteiger partial charge in [0.25, 0.3) is 0 Å². The summed E-state index contributed by atoms with van der Waals surface area (Å²) in [6.07, 6.45) is -7.22. The average molecular weight is 980 g/mol. The molecule has 1 radical (unpaired) electrons. The van der Waals surface area contributed by atoms with Crippen molar-refractivity contribution in [2.24, 2.45) is 23.7 Å². The molecule has 4 aromatic rings. The smallest absolute Gasteiger partial charge is 0.660 e. The third kappa shape index (κ3) is 8.45. The van der Waals surface area contributed by atoms with Gasteiger partial charge >= 0.3 is 21.7 Å². The first-order valence-electron chi connectivity index (χ1n) is 18.0. The van der Waals surface area contributed by atoms with E-state index in [1.54, 1.807) is 0 Å². The topological polar surface area (TPSA) is 14.1 Å². The van der Waals surface area contributed by atoms with E-state index in [0.29, 0.717) is 5.92 Å². The number of nitrogens with zero attached hydrogens (tertiary/aromatic N) is 1. The number of hydrogen-bond acceptors (Lipinski definition) is 0. The van der Waals surface area contributed by atoms with Crippen LogP contribution in [-0.4, -0.2) is 19.9 Å². The van der Waals surface area contributed by atoms with Crippen LogP contribution in [0, 0.1) is 147 Å². The second-order valence-electron chi connectivity index (χ2n) is 16.5. The molecule has 1 saturated carbocycles. The van der Waals surface area contributed by atoms with E-state index >= 15 is 35.1 Å². The summed E-state index contributed by atoms with van der Waals surface area (Å²) in [6, 6.07) is 0. The van der Waals surface area contributed by atoms with Crippen molar-refractivity contribution in [3.63, 3.8) is 0 Å². The molecule has 24 heteroatoms. The third-order valence-electron chi connectivity index (χ3n) is 11.5. The largest absolute Gasteiger partial charge is 3.00 e. The van der Waals surface area contributed by atoms with Gasteiger partial charge in [-0.3, -0.25) is 0 Å². The van der Waals surface area contributed by atoms with E-state index in [9.17, 15) is 52.7 Å². The minimum absolute atomic E-state index is 0. The fourth-order valence-corrected chi connectivity index (χ4v) is 14.0. The van der Waals surface area contributed by atoms with E-state index in [1.165, 1.54) is 0 Å². The first-order valence-corrected chi connectivity index (χ1v) is 21.0. The van der Waals surface area contributed by atoms with Gasteiger partial charge in [-0.15, -0.1) is 27.4 Å². The van der Waals surface area contributed by atoms with Crippen molar-refractivity contribution in [1.29, 1.82) is 0 Å². The number of rotatable bonds is 6. The molecule has 4 aromatic carbocycles. The van der Waals surface area contributed by atoms with E-state index < -0.39 is 153 Å².